The molecule has 0 aliphatic heterocycles. The third-order valence-corrected chi connectivity index (χ3v) is 4.08. The summed E-state index contributed by atoms with van der Waals surface area (Å²) in [5, 5.41) is 2.97. The molecular weight excluding hydrogens is 312 g/mol. The molecule has 0 aromatic heterocycles. The Balaban J connectivity index is 0.000000251. The molecule has 0 unspecified atom stereocenters. The number of hydrogen-bond acceptors (Lipinski definition) is 5. The maximum absolute atomic E-state index is 10.4. The maximum atomic E-state index is 10.4. The van der Waals surface area contributed by atoms with E-state index in [1.807, 2.05) is 64.3 Å². The van der Waals surface area contributed by atoms with Gasteiger partial charge in [0.1, 0.15) is 5.69 Å². The van der Waals surface area contributed by atoms with Crippen LogP contribution in [0.4, 0.5) is 22.7 Å². The molecule has 0 fully saturated rings. The summed E-state index contributed by atoms with van der Waals surface area (Å²) in [6, 6.07) is 11.8. The zero-order valence-corrected chi connectivity index (χ0v) is 16.2. The van der Waals surface area contributed by atoms with E-state index in [1.54, 1.807) is 6.07 Å². The van der Waals surface area contributed by atoms with E-state index in [1.165, 1.54) is 11.3 Å². The minimum atomic E-state index is 0.549. The Morgan fingerprint density at radius 3 is 1.76 bits per heavy atom. The highest BCUT2D eigenvalue weighted by Gasteiger charge is 2.03. The fraction of sp³-hybridized carbons (Fsp3) is 0.400. The summed E-state index contributed by atoms with van der Waals surface area (Å²) in [7, 11) is 8.02. The third kappa shape index (κ3) is 5.78. The van der Waals surface area contributed by atoms with Crippen molar-refractivity contribution in [3.8, 4) is 0 Å². The summed E-state index contributed by atoms with van der Waals surface area (Å²) < 4.78 is 0. The molecule has 0 saturated heterocycles. The number of aryl methyl sites for hydroxylation is 2. The summed E-state index contributed by atoms with van der Waals surface area (Å²) in [6.45, 7) is 4.13. The van der Waals surface area contributed by atoms with Crippen LogP contribution in [0.25, 0.3) is 0 Å². The van der Waals surface area contributed by atoms with Crippen molar-refractivity contribution in [2.45, 2.75) is 26.7 Å². The molecule has 136 valence electrons. The molecule has 25 heavy (non-hydrogen) atoms. The first kappa shape index (κ1) is 20.5. The smallest absolute Gasteiger partial charge is 0.111 e. The molecule has 0 saturated carbocycles. The van der Waals surface area contributed by atoms with E-state index < -0.39 is 0 Å². The average molecular weight is 342 g/mol. The van der Waals surface area contributed by atoms with Gasteiger partial charge in [-0.1, -0.05) is 13.8 Å². The highest BCUT2D eigenvalue weighted by atomic mass is 16.3. The molecule has 0 aliphatic rings. The second-order valence-electron chi connectivity index (χ2n) is 6.28. The summed E-state index contributed by atoms with van der Waals surface area (Å²) in [5.74, 6) is 0. The molecule has 0 aliphatic carbocycles. The molecule has 0 amide bonds. The average Bonchev–Trinajstić information content (AvgIpc) is 2.61. The van der Waals surface area contributed by atoms with Crippen LogP contribution < -0.4 is 15.5 Å². The van der Waals surface area contributed by atoms with Crippen molar-refractivity contribution < 1.29 is 0 Å². The maximum Gasteiger partial charge on any atom is 0.111 e. The zero-order chi connectivity index (χ0) is 19.0. The molecule has 5 nitrogen and oxygen atoms in total. The van der Waals surface area contributed by atoms with Gasteiger partial charge in [-0.25, -0.2) is 0 Å². The number of nitrogens with zero attached hydrogens (tertiary/aromatic N) is 3. The van der Waals surface area contributed by atoms with Crippen LogP contribution in [0, 0.1) is 4.91 Å². The first-order valence-electron chi connectivity index (χ1n) is 8.53. The van der Waals surface area contributed by atoms with Crippen LogP contribution in [0.2, 0.25) is 0 Å². The lowest BCUT2D eigenvalue weighted by Crippen LogP contribution is -2.09. The van der Waals surface area contributed by atoms with Crippen LogP contribution in [0.1, 0.15) is 25.0 Å². The number of rotatable bonds is 5. The Hall–Kier alpha value is -2.56. The van der Waals surface area contributed by atoms with Crippen LogP contribution in [-0.2, 0) is 12.8 Å². The van der Waals surface area contributed by atoms with E-state index in [-0.39, 0.29) is 0 Å². The third-order valence-electron chi connectivity index (χ3n) is 4.08. The molecule has 5 heteroatoms. The van der Waals surface area contributed by atoms with Crippen LogP contribution >= 0.6 is 0 Å². The lowest BCUT2D eigenvalue weighted by atomic mass is 10.1. The van der Waals surface area contributed by atoms with Crippen molar-refractivity contribution in [1.82, 2.24) is 0 Å². The number of nitrogen functional groups attached to an aromatic ring is 1. The van der Waals surface area contributed by atoms with Gasteiger partial charge in [0.15, 0.2) is 0 Å². The number of nitrogens with two attached hydrogens (primary N) is 1. The van der Waals surface area contributed by atoms with Gasteiger partial charge in [-0.05, 0) is 65.5 Å². The van der Waals surface area contributed by atoms with Crippen molar-refractivity contribution in [3.63, 3.8) is 0 Å². The second-order valence-corrected chi connectivity index (χ2v) is 6.28. The van der Waals surface area contributed by atoms with Crippen LogP contribution in [-0.4, -0.2) is 28.2 Å². The molecule has 2 N–H and O–H groups in total. The summed E-state index contributed by atoms with van der Waals surface area (Å²) in [5.41, 5.74) is 11.8. The van der Waals surface area contributed by atoms with Gasteiger partial charge < -0.3 is 15.5 Å². The summed E-state index contributed by atoms with van der Waals surface area (Å²) in [6.07, 6.45) is 1.83. The topological polar surface area (TPSA) is 61.9 Å². The Bertz CT molecular complexity index is 696. The monoisotopic (exact) mass is 342 g/mol. The Kier molecular flexibility index (Phi) is 7.92. The van der Waals surface area contributed by atoms with Crippen molar-refractivity contribution in [1.29, 1.82) is 0 Å². The highest BCUT2D eigenvalue weighted by molar-refractivity contribution is 5.58. The fourth-order valence-corrected chi connectivity index (χ4v) is 2.40. The highest BCUT2D eigenvalue weighted by Crippen LogP contribution is 2.24. The number of benzene rings is 2. The molecule has 2 aromatic carbocycles. The van der Waals surface area contributed by atoms with Gasteiger partial charge in [-0.3, -0.25) is 0 Å². The van der Waals surface area contributed by atoms with Gasteiger partial charge in [0.05, 0.1) is 0 Å². The molecule has 0 bridgehead atoms. The Morgan fingerprint density at radius 2 is 1.32 bits per heavy atom. The predicted octanol–water partition coefficient (Wildman–Crippen LogP) is 4.61. The Morgan fingerprint density at radius 1 is 0.840 bits per heavy atom. The zero-order valence-electron chi connectivity index (χ0n) is 16.2. The molecule has 0 heterocycles. The quantitative estimate of drug-likeness (QED) is 0.636. The van der Waals surface area contributed by atoms with E-state index in [4.69, 9.17) is 5.73 Å². The SMILES string of the molecule is CCc1cc(N(C)C)ccc1N.CCc1cc(N(C)C)ccc1N=O. The lowest BCUT2D eigenvalue weighted by Gasteiger charge is -2.14. The Labute approximate surface area is 151 Å². The van der Waals surface area contributed by atoms with Crippen LogP contribution in [0.5, 0.6) is 0 Å². The number of hydrogen-bond donors (Lipinski definition) is 1. The fourth-order valence-electron chi connectivity index (χ4n) is 2.40. The minimum Gasteiger partial charge on any atom is -0.399 e. The molecule has 2 aromatic rings. The van der Waals surface area contributed by atoms with Crippen molar-refractivity contribution in [2.75, 3.05) is 43.7 Å². The van der Waals surface area contributed by atoms with Gasteiger partial charge >= 0.3 is 0 Å². The lowest BCUT2D eigenvalue weighted by molar-refractivity contribution is 1.09. The van der Waals surface area contributed by atoms with Crippen LogP contribution in [0.15, 0.2) is 41.6 Å². The molecular formula is C20H30N4O. The van der Waals surface area contributed by atoms with Crippen molar-refractivity contribution in [2.24, 2.45) is 5.18 Å². The van der Waals surface area contributed by atoms with Gasteiger partial charge in [-0.2, -0.15) is 0 Å². The van der Waals surface area contributed by atoms with E-state index in [0.29, 0.717) is 5.69 Å². The summed E-state index contributed by atoms with van der Waals surface area (Å²) in [4.78, 5) is 14.5. The first-order chi connectivity index (χ1) is 11.8. The molecule has 0 spiro atoms. The minimum absolute atomic E-state index is 0.549. The number of anilines is 3. The van der Waals surface area contributed by atoms with E-state index in [0.717, 1.165) is 29.8 Å². The number of nitroso groups, excluding NO2 is 1. The molecule has 0 radical (unpaired) electrons. The molecule has 2 rings (SSSR count). The van der Waals surface area contributed by atoms with Gasteiger partial charge in [0, 0.05) is 45.3 Å². The van der Waals surface area contributed by atoms with Gasteiger partial charge in [0.25, 0.3) is 0 Å². The van der Waals surface area contributed by atoms with Crippen molar-refractivity contribution >= 4 is 22.7 Å². The normalized spacial score (nSPS) is 9.84. The van der Waals surface area contributed by atoms with Gasteiger partial charge in [0.2, 0.25) is 0 Å². The summed E-state index contributed by atoms with van der Waals surface area (Å²) >= 11 is 0. The standard InChI is InChI=1S/C10H14N2O.C10H16N2/c1-4-8-7-9(12(2)3)5-6-10(8)11-13;1-4-8-7-9(12(2)3)5-6-10(8)11/h5-7H,4H2,1-3H3;5-7H,4,11H2,1-3H3. The predicted molar refractivity (Wildman–Crippen MR) is 110 cm³/mol. The molecule has 0 atom stereocenters. The van der Waals surface area contributed by atoms with E-state index >= 15 is 0 Å². The van der Waals surface area contributed by atoms with E-state index in [9.17, 15) is 4.91 Å². The van der Waals surface area contributed by atoms with Gasteiger partial charge in [-0.15, -0.1) is 4.91 Å². The van der Waals surface area contributed by atoms with E-state index in [2.05, 4.69) is 23.1 Å². The van der Waals surface area contributed by atoms with Crippen LogP contribution in [0.3, 0.4) is 0 Å². The van der Waals surface area contributed by atoms with Crippen molar-refractivity contribution in [3.05, 3.63) is 52.4 Å². The first-order valence-corrected chi connectivity index (χ1v) is 8.53. The largest absolute Gasteiger partial charge is 0.399 e. The second kappa shape index (κ2) is 9.67.